The summed E-state index contributed by atoms with van der Waals surface area (Å²) in [7, 11) is 0. The summed E-state index contributed by atoms with van der Waals surface area (Å²) < 4.78 is 13.1. The quantitative estimate of drug-likeness (QED) is 0.289. The van der Waals surface area contributed by atoms with Gasteiger partial charge in [-0.3, -0.25) is 4.79 Å². The van der Waals surface area contributed by atoms with Crippen molar-refractivity contribution >= 4 is 38.6 Å². The van der Waals surface area contributed by atoms with Crippen molar-refractivity contribution in [3.05, 3.63) is 86.2 Å². The van der Waals surface area contributed by atoms with E-state index in [0.29, 0.717) is 36.7 Å². The van der Waals surface area contributed by atoms with Crippen LogP contribution >= 0.6 is 27.3 Å². The minimum Gasteiger partial charge on any atom is -0.494 e. The number of rotatable bonds is 7. The van der Waals surface area contributed by atoms with Gasteiger partial charge in [-0.2, -0.15) is 0 Å². The Morgan fingerprint density at radius 3 is 2.54 bits per heavy atom. The minimum absolute atomic E-state index is 0.106. The molecule has 37 heavy (non-hydrogen) atoms. The number of carbonyl (C=O) groups is 1. The summed E-state index contributed by atoms with van der Waals surface area (Å²) in [5, 5.41) is 2.78. The third-order valence-corrected chi connectivity index (χ3v) is 8.21. The highest BCUT2D eigenvalue weighted by Crippen LogP contribution is 2.51. The number of carbonyl (C=O) groups excluding carboxylic acids is 1. The Hall–Kier alpha value is -2.90. The van der Waals surface area contributed by atoms with Crippen molar-refractivity contribution in [2.24, 2.45) is 11.1 Å². The standard InChI is InChI=1S/C30H31BrN2O3S/c1-4-5-14-35-21-12-8-19(9-13-21)25-26-23(34)15-30(2,3)16-24(26)36-28(32)27(25)29-33-22(17-37-29)18-6-10-20(31)11-7-18/h6-13,17,25H,4-5,14-16,32H2,1-3H3. The summed E-state index contributed by atoms with van der Waals surface area (Å²) >= 11 is 5.01. The number of hydrogen-bond acceptors (Lipinski definition) is 6. The summed E-state index contributed by atoms with van der Waals surface area (Å²) in [6.07, 6.45) is 3.23. The average Bonchev–Trinajstić information content (AvgIpc) is 3.33. The molecule has 192 valence electrons. The van der Waals surface area contributed by atoms with Gasteiger partial charge < -0.3 is 15.2 Å². The molecule has 1 aliphatic heterocycles. The molecule has 0 bridgehead atoms. The van der Waals surface area contributed by atoms with Crippen molar-refractivity contribution in [2.45, 2.75) is 52.4 Å². The number of hydrogen-bond donors (Lipinski definition) is 1. The van der Waals surface area contributed by atoms with Crippen molar-refractivity contribution in [2.75, 3.05) is 6.61 Å². The molecule has 1 aromatic heterocycles. The minimum atomic E-state index is -0.346. The van der Waals surface area contributed by atoms with E-state index in [9.17, 15) is 4.79 Å². The molecule has 7 heteroatoms. The Labute approximate surface area is 230 Å². The molecule has 3 aromatic rings. The summed E-state index contributed by atoms with van der Waals surface area (Å²) in [6.45, 7) is 7.02. The SMILES string of the molecule is CCCCOc1ccc(C2C3=C(CC(C)(C)CC3=O)OC(N)=C2c2nc(-c3ccc(Br)cc3)cs2)cc1. The number of allylic oxidation sites excluding steroid dienone is 3. The first-order valence-corrected chi connectivity index (χ1v) is 14.3. The van der Waals surface area contributed by atoms with Gasteiger partial charge in [0.05, 0.1) is 17.9 Å². The molecule has 0 amide bonds. The summed E-state index contributed by atoms with van der Waals surface area (Å²) in [6, 6.07) is 16.1. The average molecular weight is 580 g/mol. The van der Waals surface area contributed by atoms with Crippen LogP contribution in [-0.2, 0) is 9.53 Å². The van der Waals surface area contributed by atoms with E-state index in [1.807, 2.05) is 53.9 Å². The van der Waals surface area contributed by atoms with Crippen LogP contribution in [0.15, 0.2) is 75.6 Å². The van der Waals surface area contributed by atoms with E-state index >= 15 is 0 Å². The zero-order valence-corrected chi connectivity index (χ0v) is 23.7. The lowest BCUT2D eigenvalue weighted by atomic mass is 9.70. The first kappa shape index (κ1) is 25.7. The molecule has 0 saturated heterocycles. The van der Waals surface area contributed by atoms with Crippen LogP contribution in [0.4, 0.5) is 0 Å². The lowest BCUT2D eigenvalue weighted by Gasteiger charge is -2.38. The van der Waals surface area contributed by atoms with Crippen molar-refractivity contribution in [1.82, 2.24) is 4.98 Å². The molecule has 2 heterocycles. The Morgan fingerprint density at radius 1 is 1.11 bits per heavy atom. The van der Waals surface area contributed by atoms with Crippen LogP contribution in [-0.4, -0.2) is 17.4 Å². The molecular weight excluding hydrogens is 548 g/mol. The van der Waals surface area contributed by atoms with E-state index in [0.717, 1.165) is 50.5 Å². The number of Topliss-reactive ketones (excluding diaryl/α,β-unsaturated/α-hetero) is 1. The molecular formula is C30H31BrN2O3S. The number of halogens is 1. The highest BCUT2D eigenvalue weighted by atomic mass is 79.9. The van der Waals surface area contributed by atoms with Crippen molar-refractivity contribution in [1.29, 1.82) is 0 Å². The van der Waals surface area contributed by atoms with Crippen LogP contribution in [0.25, 0.3) is 16.8 Å². The summed E-state index contributed by atoms with van der Waals surface area (Å²) in [5.41, 5.74) is 10.7. The van der Waals surface area contributed by atoms with E-state index in [1.54, 1.807) is 0 Å². The van der Waals surface area contributed by atoms with Gasteiger partial charge >= 0.3 is 0 Å². The lowest BCUT2D eigenvalue weighted by molar-refractivity contribution is -0.118. The van der Waals surface area contributed by atoms with Gasteiger partial charge in [0.15, 0.2) is 11.7 Å². The molecule has 0 saturated carbocycles. The van der Waals surface area contributed by atoms with E-state index in [2.05, 4.69) is 36.7 Å². The van der Waals surface area contributed by atoms with Crippen LogP contribution in [0.2, 0.25) is 0 Å². The Morgan fingerprint density at radius 2 is 1.84 bits per heavy atom. The Balaban J connectivity index is 1.57. The van der Waals surface area contributed by atoms with Crippen LogP contribution < -0.4 is 10.5 Å². The van der Waals surface area contributed by atoms with Gasteiger partial charge in [0.2, 0.25) is 0 Å². The molecule has 0 spiro atoms. The maximum absolute atomic E-state index is 13.6. The van der Waals surface area contributed by atoms with Gasteiger partial charge in [-0.05, 0) is 41.7 Å². The second-order valence-corrected chi connectivity index (χ2v) is 12.2. The second-order valence-electron chi connectivity index (χ2n) is 10.4. The van der Waals surface area contributed by atoms with E-state index in [1.165, 1.54) is 11.3 Å². The summed E-state index contributed by atoms with van der Waals surface area (Å²) in [4.78, 5) is 18.5. The second kappa shape index (κ2) is 10.5. The van der Waals surface area contributed by atoms with Gasteiger partial charge in [0.1, 0.15) is 16.5 Å². The zero-order valence-electron chi connectivity index (χ0n) is 21.3. The highest BCUT2D eigenvalue weighted by Gasteiger charge is 2.43. The number of ketones is 1. The van der Waals surface area contributed by atoms with E-state index in [-0.39, 0.29) is 17.1 Å². The van der Waals surface area contributed by atoms with Crippen LogP contribution in [0.1, 0.15) is 62.9 Å². The highest BCUT2D eigenvalue weighted by molar-refractivity contribution is 9.10. The third kappa shape index (κ3) is 5.39. The lowest BCUT2D eigenvalue weighted by Crippen LogP contribution is -2.33. The van der Waals surface area contributed by atoms with E-state index in [4.69, 9.17) is 20.2 Å². The largest absolute Gasteiger partial charge is 0.494 e. The number of nitrogens with zero attached hydrogens (tertiary/aromatic N) is 1. The maximum Gasteiger partial charge on any atom is 0.197 e. The van der Waals surface area contributed by atoms with Crippen molar-refractivity contribution < 1.29 is 14.3 Å². The number of nitrogens with two attached hydrogens (primary N) is 1. The van der Waals surface area contributed by atoms with E-state index < -0.39 is 0 Å². The molecule has 1 unspecified atom stereocenters. The number of benzene rings is 2. The van der Waals surface area contributed by atoms with Crippen LogP contribution in [0.3, 0.4) is 0 Å². The molecule has 1 atom stereocenters. The fourth-order valence-electron chi connectivity index (χ4n) is 4.97. The molecule has 2 N–H and O–H groups in total. The monoisotopic (exact) mass is 578 g/mol. The maximum atomic E-state index is 13.6. The Bertz CT molecular complexity index is 1370. The van der Waals surface area contributed by atoms with Gasteiger partial charge in [-0.25, -0.2) is 4.98 Å². The molecule has 2 aromatic carbocycles. The molecule has 5 nitrogen and oxygen atoms in total. The fraction of sp³-hybridized carbons (Fsp3) is 0.333. The number of thiazole rings is 1. The first-order valence-electron chi connectivity index (χ1n) is 12.6. The van der Waals surface area contributed by atoms with Gasteiger partial charge in [0, 0.05) is 39.7 Å². The predicted molar refractivity (Wildman–Crippen MR) is 152 cm³/mol. The number of aromatic nitrogens is 1. The normalized spacial score (nSPS) is 19.0. The van der Waals surface area contributed by atoms with Crippen molar-refractivity contribution in [3.63, 3.8) is 0 Å². The van der Waals surface area contributed by atoms with Crippen LogP contribution in [0.5, 0.6) is 5.75 Å². The van der Waals surface area contributed by atoms with Gasteiger partial charge in [-0.1, -0.05) is 67.4 Å². The fourth-order valence-corrected chi connectivity index (χ4v) is 6.14. The first-order chi connectivity index (χ1) is 17.8. The molecule has 1 aliphatic carbocycles. The smallest absolute Gasteiger partial charge is 0.197 e. The molecule has 0 fully saturated rings. The third-order valence-electron chi connectivity index (χ3n) is 6.81. The molecule has 0 radical (unpaired) electrons. The summed E-state index contributed by atoms with van der Waals surface area (Å²) in [5.74, 6) is 1.57. The number of unbranched alkanes of at least 4 members (excludes halogenated alkanes) is 1. The van der Waals surface area contributed by atoms with Gasteiger partial charge in [0.25, 0.3) is 0 Å². The molecule has 5 rings (SSSR count). The van der Waals surface area contributed by atoms with Crippen molar-refractivity contribution in [3.8, 4) is 17.0 Å². The number of ether oxygens (including phenoxy) is 2. The zero-order chi connectivity index (χ0) is 26.2. The Kier molecular flexibility index (Phi) is 7.28. The topological polar surface area (TPSA) is 74.4 Å². The molecule has 2 aliphatic rings. The van der Waals surface area contributed by atoms with Gasteiger partial charge in [-0.15, -0.1) is 11.3 Å². The predicted octanol–water partition coefficient (Wildman–Crippen LogP) is 7.84. The van der Waals surface area contributed by atoms with Crippen LogP contribution in [0, 0.1) is 5.41 Å².